The van der Waals surface area contributed by atoms with Crippen molar-refractivity contribution in [1.29, 1.82) is 0 Å². The standard InChI is InChI=1S/C67H118O5/c1-4-7-10-13-16-19-22-25-28-31-33-35-38-41-44-47-50-53-56-59-62-70-63-65(72-67(69)61-58-55-52-49-46-43-40-36-30-27-24-21-18-15-12-9-6-3)64-71-66(68)60-57-54-51-48-45-42-39-37-34-32-29-26-23-20-17-14-11-8-5-2/h9,12,16-21,25-30,65H,4-8,10-11,13-15,22-24,31-64H2,1-3H3/b12-9-,19-16-,20-17-,21-18-,28-25-,29-26-,30-27-. The second kappa shape index (κ2) is 62.4. The van der Waals surface area contributed by atoms with Crippen LogP contribution in [0.5, 0.6) is 0 Å². The summed E-state index contributed by atoms with van der Waals surface area (Å²) in [5, 5.41) is 0. The van der Waals surface area contributed by atoms with E-state index in [9.17, 15) is 9.59 Å². The molecule has 1 atom stereocenters. The lowest BCUT2D eigenvalue weighted by atomic mass is 10.1. The van der Waals surface area contributed by atoms with Crippen LogP contribution in [-0.4, -0.2) is 37.9 Å². The molecule has 0 saturated carbocycles. The van der Waals surface area contributed by atoms with Gasteiger partial charge in [0.1, 0.15) is 6.61 Å². The van der Waals surface area contributed by atoms with Crippen LogP contribution in [0.15, 0.2) is 85.1 Å². The molecule has 0 aliphatic rings. The van der Waals surface area contributed by atoms with E-state index in [2.05, 4.69) is 106 Å². The quantitative estimate of drug-likeness (QED) is 0.0345. The highest BCUT2D eigenvalue weighted by Crippen LogP contribution is 2.16. The van der Waals surface area contributed by atoms with Crippen molar-refractivity contribution >= 4 is 11.9 Å². The highest BCUT2D eigenvalue weighted by atomic mass is 16.6. The molecule has 0 aliphatic heterocycles. The lowest BCUT2D eigenvalue weighted by molar-refractivity contribution is -0.163. The Morgan fingerprint density at radius 1 is 0.319 bits per heavy atom. The van der Waals surface area contributed by atoms with E-state index in [1.54, 1.807) is 0 Å². The zero-order valence-electron chi connectivity index (χ0n) is 47.9. The Morgan fingerprint density at radius 2 is 0.625 bits per heavy atom. The van der Waals surface area contributed by atoms with Crippen LogP contribution in [0.25, 0.3) is 0 Å². The molecule has 0 heterocycles. The number of carbonyl (C=O) groups excluding carboxylic acids is 2. The average Bonchev–Trinajstić information content (AvgIpc) is 3.38. The molecule has 0 aliphatic carbocycles. The summed E-state index contributed by atoms with van der Waals surface area (Å²) in [5.41, 5.74) is 0. The Morgan fingerprint density at radius 3 is 1.00 bits per heavy atom. The Hall–Kier alpha value is -2.92. The Kier molecular flexibility index (Phi) is 59.8. The largest absolute Gasteiger partial charge is 0.462 e. The molecule has 0 rings (SSSR count). The van der Waals surface area contributed by atoms with Crippen LogP contribution in [0.1, 0.15) is 303 Å². The Balaban J connectivity index is 4.29. The van der Waals surface area contributed by atoms with Gasteiger partial charge in [-0.2, -0.15) is 0 Å². The minimum Gasteiger partial charge on any atom is -0.462 e. The first kappa shape index (κ1) is 69.1. The van der Waals surface area contributed by atoms with Gasteiger partial charge in [-0.1, -0.05) is 260 Å². The number of unbranched alkanes of at least 4 members (excludes halogenated alkanes) is 32. The van der Waals surface area contributed by atoms with Gasteiger partial charge in [-0.15, -0.1) is 0 Å². The van der Waals surface area contributed by atoms with Gasteiger partial charge in [0.15, 0.2) is 6.10 Å². The van der Waals surface area contributed by atoms with Crippen LogP contribution >= 0.6 is 0 Å². The molecule has 0 aromatic rings. The maximum atomic E-state index is 12.9. The minimum absolute atomic E-state index is 0.0760. The van der Waals surface area contributed by atoms with Gasteiger partial charge in [0, 0.05) is 19.4 Å². The highest BCUT2D eigenvalue weighted by Gasteiger charge is 2.17. The predicted molar refractivity (Wildman–Crippen MR) is 316 cm³/mol. The van der Waals surface area contributed by atoms with Crippen molar-refractivity contribution in [1.82, 2.24) is 0 Å². The van der Waals surface area contributed by atoms with Crippen LogP contribution in [0.3, 0.4) is 0 Å². The number of ether oxygens (including phenoxy) is 3. The molecule has 5 nitrogen and oxygen atoms in total. The summed E-state index contributed by atoms with van der Waals surface area (Å²) < 4.78 is 17.5. The van der Waals surface area contributed by atoms with Gasteiger partial charge in [0.25, 0.3) is 0 Å². The van der Waals surface area contributed by atoms with Crippen LogP contribution in [0.4, 0.5) is 0 Å². The minimum atomic E-state index is -0.550. The maximum absolute atomic E-state index is 12.9. The fourth-order valence-electron chi connectivity index (χ4n) is 8.76. The molecular weight excluding hydrogens is 885 g/mol. The van der Waals surface area contributed by atoms with E-state index >= 15 is 0 Å². The number of hydrogen-bond acceptors (Lipinski definition) is 5. The van der Waals surface area contributed by atoms with Gasteiger partial charge in [-0.3, -0.25) is 9.59 Å². The van der Waals surface area contributed by atoms with Crippen LogP contribution in [0.2, 0.25) is 0 Å². The molecule has 0 amide bonds. The summed E-state index contributed by atoms with van der Waals surface area (Å²) in [5.74, 6) is -0.406. The molecule has 5 heteroatoms. The monoisotopic (exact) mass is 1000 g/mol. The van der Waals surface area contributed by atoms with Gasteiger partial charge in [-0.05, 0) is 116 Å². The molecule has 0 aromatic carbocycles. The molecule has 1 unspecified atom stereocenters. The van der Waals surface area contributed by atoms with Crippen molar-refractivity contribution in [3.05, 3.63) is 85.1 Å². The highest BCUT2D eigenvalue weighted by molar-refractivity contribution is 5.70. The first-order chi connectivity index (χ1) is 35.6. The molecule has 0 saturated heterocycles. The van der Waals surface area contributed by atoms with Crippen LogP contribution < -0.4 is 0 Å². The summed E-state index contributed by atoms with van der Waals surface area (Å²) in [4.78, 5) is 25.6. The van der Waals surface area contributed by atoms with Crippen LogP contribution in [0, 0.1) is 0 Å². The molecule has 0 fully saturated rings. The molecule has 72 heavy (non-hydrogen) atoms. The Labute approximate surface area is 448 Å². The fourth-order valence-corrected chi connectivity index (χ4v) is 8.76. The first-order valence-corrected chi connectivity index (χ1v) is 31.1. The smallest absolute Gasteiger partial charge is 0.306 e. The van der Waals surface area contributed by atoms with Crippen molar-refractivity contribution < 1.29 is 23.8 Å². The zero-order chi connectivity index (χ0) is 52.0. The van der Waals surface area contributed by atoms with E-state index in [1.165, 1.54) is 186 Å². The maximum Gasteiger partial charge on any atom is 0.306 e. The van der Waals surface area contributed by atoms with Crippen molar-refractivity contribution in [2.75, 3.05) is 19.8 Å². The number of esters is 2. The Bertz CT molecular complexity index is 1320. The van der Waals surface area contributed by atoms with E-state index in [4.69, 9.17) is 14.2 Å². The van der Waals surface area contributed by atoms with E-state index in [0.29, 0.717) is 19.4 Å². The van der Waals surface area contributed by atoms with Crippen molar-refractivity contribution in [3.8, 4) is 0 Å². The van der Waals surface area contributed by atoms with Gasteiger partial charge < -0.3 is 14.2 Å². The lowest BCUT2D eigenvalue weighted by Crippen LogP contribution is -2.30. The van der Waals surface area contributed by atoms with E-state index < -0.39 is 6.10 Å². The van der Waals surface area contributed by atoms with Gasteiger partial charge in [0.05, 0.1) is 6.61 Å². The first-order valence-electron chi connectivity index (χ1n) is 31.1. The summed E-state index contributed by atoms with van der Waals surface area (Å²) in [7, 11) is 0. The number of allylic oxidation sites excluding steroid dienone is 14. The van der Waals surface area contributed by atoms with E-state index in [0.717, 1.165) is 83.5 Å². The molecule has 0 aromatic heterocycles. The molecular formula is C67H118O5. The summed E-state index contributed by atoms with van der Waals surface area (Å²) in [6.07, 6.45) is 83.2. The second-order valence-corrected chi connectivity index (χ2v) is 20.6. The number of rotatable bonds is 57. The third kappa shape index (κ3) is 59.6. The van der Waals surface area contributed by atoms with E-state index in [-0.39, 0.29) is 25.2 Å². The zero-order valence-corrected chi connectivity index (χ0v) is 47.9. The molecule has 0 bridgehead atoms. The average molecular weight is 1000 g/mol. The van der Waals surface area contributed by atoms with Crippen LogP contribution in [-0.2, 0) is 23.8 Å². The summed E-state index contributed by atoms with van der Waals surface area (Å²) >= 11 is 0. The third-order valence-electron chi connectivity index (χ3n) is 13.4. The SMILES string of the molecule is CC/C=C\C/C=C\C/C=C\CCCCCCCCCC(=O)OC(COCCCCCCCCCCCC/C=C\C/C=C\CCCCC)COC(=O)CCCCCCCCCCC/C=C\C/C=C\CCCCC. The lowest BCUT2D eigenvalue weighted by Gasteiger charge is -2.18. The molecule has 416 valence electrons. The van der Waals surface area contributed by atoms with Gasteiger partial charge in [0.2, 0.25) is 0 Å². The predicted octanol–water partition coefficient (Wildman–Crippen LogP) is 21.6. The molecule has 0 spiro atoms. The second-order valence-electron chi connectivity index (χ2n) is 20.6. The normalized spacial score (nSPS) is 12.8. The number of hydrogen-bond donors (Lipinski definition) is 0. The fraction of sp³-hybridized carbons (Fsp3) is 0.761. The van der Waals surface area contributed by atoms with Crippen molar-refractivity contribution in [3.63, 3.8) is 0 Å². The van der Waals surface area contributed by atoms with E-state index in [1.807, 2.05) is 0 Å². The number of carbonyl (C=O) groups is 2. The van der Waals surface area contributed by atoms with Gasteiger partial charge >= 0.3 is 11.9 Å². The summed E-state index contributed by atoms with van der Waals surface area (Å²) in [6, 6.07) is 0. The molecule has 0 N–H and O–H groups in total. The van der Waals surface area contributed by atoms with Gasteiger partial charge in [-0.25, -0.2) is 0 Å². The third-order valence-corrected chi connectivity index (χ3v) is 13.4. The molecule has 0 radical (unpaired) electrons. The summed E-state index contributed by atoms with van der Waals surface area (Å²) in [6.45, 7) is 7.68. The topological polar surface area (TPSA) is 61.8 Å². The van der Waals surface area contributed by atoms with Crippen molar-refractivity contribution in [2.45, 2.75) is 309 Å². The van der Waals surface area contributed by atoms with Crippen molar-refractivity contribution in [2.24, 2.45) is 0 Å².